The van der Waals surface area contributed by atoms with E-state index in [0.717, 1.165) is 17.9 Å². The first kappa shape index (κ1) is 12.4. The average Bonchev–Trinajstić information content (AvgIpc) is 2.77. The summed E-state index contributed by atoms with van der Waals surface area (Å²) in [6.45, 7) is 0.725. The Labute approximate surface area is 103 Å². The van der Waals surface area contributed by atoms with E-state index in [1.165, 1.54) is 12.1 Å². The number of rotatable bonds is 4. The Morgan fingerprint density at radius 3 is 2.76 bits per heavy atom. The van der Waals surface area contributed by atoms with E-state index in [-0.39, 0.29) is 5.82 Å². The van der Waals surface area contributed by atoms with Crippen molar-refractivity contribution in [1.82, 2.24) is 5.32 Å². The van der Waals surface area contributed by atoms with Gasteiger partial charge in [-0.15, -0.1) is 0 Å². The van der Waals surface area contributed by atoms with Crippen LogP contribution in [0.15, 0.2) is 24.3 Å². The zero-order valence-electron chi connectivity index (χ0n) is 9.23. The Morgan fingerprint density at radius 2 is 2.18 bits per heavy atom. The lowest BCUT2D eigenvalue weighted by Gasteiger charge is -2.08. The van der Waals surface area contributed by atoms with Gasteiger partial charge in [0.1, 0.15) is 11.9 Å². The van der Waals surface area contributed by atoms with Gasteiger partial charge in [-0.1, -0.05) is 12.1 Å². The third-order valence-electron chi connectivity index (χ3n) is 2.79. The number of carbonyl (C=O) groups is 1. The normalized spacial score (nSPS) is 23.8. The number of carboxylic acids is 1. The molecule has 2 N–H and O–H groups in total. The van der Waals surface area contributed by atoms with Crippen molar-refractivity contribution in [1.29, 1.82) is 0 Å². The number of carboxylic acid groups (broad SMARTS) is 1. The topological polar surface area (TPSA) is 49.3 Å². The van der Waals surface area contributed by atoms with Gasteiger partial charge in [-0.3, -0.25) is 4.79 Å². The van der Waals surface area contributed by atoms with Gasteiger partial charge in [-0.2, -0.15) is 11.8 Å². The number of aliphatic carboxylic acids is 1. The molecule has 1 aromatic rings. The Morgan fingerprint density at radius 1 is 1.47 bits per heavy atom. The molecule has 0 aromatic heterocycles. The van der Waals surface area contributed by atoms with Gasteiger partial charge >= 0.3 is 5.97 Å². The van der Waals surface area contributed by atoms with E-state index in [4.69, 9.17) is 5.11 Å². The minimum atomic E-state index is -0.783. The zero-order valence-corrected chi connectivity index (χ0v) is 10.0. The number of halogens is 1. The predicted molar refractivity (Wildman–Crippen MR) is 65.5 cm³/mol. The molecule has 1 saturated heterocycles. The van der Waals surface area contributed by atoms with Crippen LogP contribution in [-0.2, 0) is 10.5 Å². The van der Waals surface area contributed by atoms with Gasteiger partial charge in [-0.05, 0) is 24.1 Å². The zero-order chi connectivity index (χ0) is 12.3. The molecule has 1 aromatic carbocycles. The largest absolute Gasteiger partial charge is 0.480 e. The van der Waals surface area contributed by atoms with Crippen molar-refractivity contribution < 1.29 is 14.3 Å². The van der Waals surface area contributed by atoms with Crippen molar-refractivity contribution in [3.8, 4) is 0 Å². The van der Waals surface area contributed by atoms with Crippen LogP contribution in [0.2, 0.25) is 0 Å². The van der Waals surface area contributed by atoms with Crippen LogP contribution in [0.5, 0.6) is 0 Å². The van der Waals surface area contributed by atoms with E-state index in [0.29, 0.717) is 11.7 Å². The molecule has 0 spiro atoms. The SMILES string of the molecule is O=C(O)C1CC(SCc2ccc(F)cc2)CN1. The molecule has 0 saturated carbocycles. The third-order valence-corrected chi connectivity index (χ3v) is 4.12. The van der Waals surface area contributed by atoms with Crippen molar-refractivity contribution in [3.63, 3.8) is 0 Å². The van der Waals surface area contributed by atoms with E-state index >= 15 is 0 Å². The minimum Gasteiger partial charge on any atom is -0.480 e. The Bertz CT molecular complexity index is 396. The first-order chi connectivity index (χ1) is 8.15. The molecule has 2 unspecified atom stereocenters. The molecule has 5 heteroatoms. The first-order valence-corrected chi connectivity index (χ1v) is 6.52. The van der Waals surface area contributed by atoms with E-state index in [1.54, 1.807) is 23.9 Å². The summed E-state index contributed by atoms with van der Waals surface area (Å²) in [6.07, 6.45) is 0.654. The lowest BCUT2D eigenvalue weighted by atomic mass is 10.2. The van der Waals surface area contributed by atoms with E-state index in [2.05, 4.69) is 5.32 Å². The van der Waals surface area contributed by atoms with Crippen LogP contribution in [0.1, 0.15) is 12.0 Å². The molecule has 2 rings (SSSR count). The maximum absolute atomic E-state index is 12.7. The fourth-order valence-electron chi connectivity index (χ4n) is 1.81. The maximum Gasteiger partial charge on any atom is 0.320 e. The number of nitrogens with one attached hydrogen (secondary N) is 1. The molecule has 1 fully saturated rings. The highest BCUT2D eigenvalue weighted by molar-refractivity contribution is 7.99. The summed E-state index contributed by atoms with van der Waals surface area (Å²) >= 11 is 1.72. The van der Waals surface area contributed by atoms with Crippen LogP contribution >= 0.6 is 11.8 Å². The Hall–Kier alpha value is -1.07. The third kappa shape index (κ3) is 3.44. The molecule has 0 bridgehead atoms. The summed E-state index contributed by atoms with van der Waals surface area (Å²) in [6, 6.07) is 6.01. The molecule has 0 radical (unpaired) electrons. The summed E-state index contributed by atoms with van der Waals surface area (Å²) in [7, 11) is 0. The summed E-state index contributed by atoms with van der Waals surface area (Å²) in [5, 5.41) is 12.1. The molecule has 1 heterocycles. The molecule has 92 valence electrons. The molecule has 0 amide bonds. The second kappa shape index (κ2) is 5.51. The number of hydrogen-bond donors (Lipinski definition) is 2. The molecule has 1 aliphatic heterocycles. The molecule has 2 atom stereocenters. The van der Waals surface area contributed by atoms with Crippen LogP contribution in [-0.4, -0.2) is 28.9 Å². The van der Waals surface area contributed by atoms with Crippen LogP contribution in [0, 0.1) is 5.82 Å². The number of thioether (sulfide) groups is 1. The average molecular weight is 255 g/mol. The van der Waals surface area contributed by atoms with Gasteiger partial charge in [0.25, 0.3) is 0 Å². The van der Waals surface area contributed by atoms with Crippen molar-refractivity contribution in [2.24, 2.45) is 0 Å². The second-order valence-corrected chi connectivity index (χ2v) is 5.38. The highest BCUT2D eigenvalue weighted by atomic mass is 32.2. The monoisotopic (exact) mass is 255 g/mol. The Kier molecular flexibility index (Phi) is 4.02. The molecular formula is C12H14FNO2S. The fourth-order valence-corrected chi connectivity index (χ4v) is 2.98. The molecular weight excluding hydrogens is 241 g/mol. The fraction of sp³-hybridized carbons (Fsp3) is 0.417. The first-order valence-electron chi connectivity index (χ1n) is 5.47. The van der Waals surface area contributed by atoms with E-state index in [1.807, 2.05) is 0 Å². The summed E-state index contributed by atoms with van der Waals surface area (Å²) < 4.78 is 12.7. The van der Waals surface area contributed by atoms with Gasteiger partial charge in [0.2, 0.25) is 0 Å². The van der Waals surface area contributed by atoms with Crippen molar-refractivity contribution >= 4 is 17.7 Å². The van der Waals surface area contributed by atoms with Crippen LogP contribution < -0.4 is 5.32 Å². The van der Waals surface area contributed by atoms with E-state index in [9.17, 15) is 9.18 Å². The molecule has 0 aliphatic carbocycles. The van der Waals surface area contributed by atoms with Gasteiger partial charge in [0.05, 0.1) is 0 Å². The molecule has 3 nitrogen and oxygen atoms in total. The van der Waals surface area contributed by atoms with Crippen LogP contribution in [0.4, 0.5) is 4.39 Å². The highest BCUT2D eigenvalue weighted by Gasteiger charge is 2.29. The highest BCUT2D eigenvalue weighted by Crippen LogP contribution is 2.24. The molecule has 1 aliphatic rings. The summed E-state index contributed by atoms with van der Waals surface area (Å²) in [4.78, 5) is 10.7. The van der Waals surface area contributed by atoms with Crippen molar-refractivity contribution in [2.45, 2.75) is 23.5 Å². The van der Waals surface area contributed by atoms with Gasteiger partial charge < -0.3 is 10.4 Å². The van der Waals surface area contributed by atoms with Crippen molar-refractivity contribution in [2.75, 3.05) is 6.54 Å². The minimum absolute atomic E-state index is 0.229. The standard InChI is InChI=1S/C12H14FNO2S/c13-9-3-1-8(2-4-9)7-17-10-5-11(12(15)16)14-6-10/h1-4,10-11,14H,5-7H2,(H,15,16). The lowest BCUT2D eigenvalue weighted by Crippen LogP contribution is -2.29. The Balaban J connectivity index is 1.80. The predicted octanol–water partition coefficient (Wildman–Crippen LogP) is 1.87. The summed E-state index contributed by atoms with van der Waals surface area (Å²) in [5.41, 5.74) is 1.06. The summed E-state index contributed by atoms with van der Waals surface area (Å²) in [5.74, 6) is -0.221. The number of hydrogen-bond acceptors (Lipinski definition) is 3. The smallest absolute Gasteiger partial charge is 0.320 e. The second-order valence-electron chi connectivity index (χ2n) is 4.09. The van der Waals surface area contributed by atoms with Crippen LogP contribution in [0.25, 0.3) is 0 Å². The van der Waals surface area contributed by atoms with Crippen molar-refractivity contribution in [3.05, 3.63) is 35.6 Å². The van der Waals surface area contributed by atoms with Crippen LogP contribution in [0.3, 0.4) is 0 Å². The van der Waals surface area contributed by atoms with Gasteiger partial charge in [0.15, 0.2) is 0 Å². The maximum atomic E-state index is 12.7. The quantitative estimate of drug-likeness (QED) is 0.862. The number of benzene rings is 1. The van der Waals surface area contributed by atoms with Gasteiger partial charge in [0, 0.05) is 17.5 Å². The lowest BCUT2D eigenvalue weighted by molar-refractivity contribution is -0.139. The van der Waals surface area contributed by atoms with E-state index < -0.39 is 12.0 Å². The molecule has 17 heavy (non-hydrogen) atoms. The van der Waals surface area contributed by atoms with Gasteiger partial charge in [-0.25, -0.2) is 4.39 Å².